The van der Waals surface area contributed by atoms with E-state index >= 15 is 0 Å². The first-order valence-corrected chi connectivity index (χ1v) is 8.90. The molecule has 0 saturated carbocycles. The van der Waals surface area contributed by atoms with E-state index in [1.54, 1.807) is 6.07 Å². The van der Waals surface area contributed by atoms with Crippen molar-refractivity contribution >= 4 is 11.6 Å². The van der Waals surface area contributed by atoms with Crippen LogP contribution in [0, 0.1) is 0 Å². The predicted octanol–water partition coefficient (Wildman–Crippen LogP) is 2.32. The quantitative estimate of drug-likeness (QED) is 0.462. The van der Waals surface area contributed by atoms with Crippen LogP contribution in [0.15, 0.2) is 47.7 Å². The van der Waals surface area contributed by atoms with E-state index in [0.29, 0.717) is 25.6 Å². The first-order valence-electron chi connectivity index (χ1n) is 8.90. The molecule has 0 bridgehead atoms. The van der Waals surface area contributed by atoms with Gasteiger partial charge < -0.3 is 15.4 Å². The molecule has 3 aromatic heterocycles. The smallest absolute Gasteiger partial charge is 0.422 e. The molecule has 0 unspecified atom stereocenters. The van der Waals surface area contributed by atoms with Gasteiger partial charge in [-0.3, -0.25) is 4.40 Å². The molecular formula is C18H20F3N7O. The van der Waals surface area contributed by atoms with Gasteiger partial charge in [-0.2, -0.15) is 13.2 Å². The molecule has 154 valence electrons. The second-order valence-electron chi connectivity index (χ2n) is 6.00. The standard InChI is InChI=1S/C18H20F3N7O/c1-2-22-17(25-11-15-27-26-14-5-3-4-8-28(14)15)24-10-13-6-7-16(23-9-13)29-12-18(19,20)21/h3-9H,2,10-12H2,1H3,(H2,22,24,25). The normalized spacial score (nSPS) is 12.2. The van der Waals surface area contributed by atoms with Crippen LogP contribution in [0.1, 0.15) is 18.3 Å². The lowest BCUT2D eigenvalue weighted by atomic mass is 10.3. The second-order valence-corrected chi connectivity index (χ2v) is 6.00. The maximum Gasteiger partial charge on any atom is 0.422 e. The Hall–Kier alpha value is -3.37. The van der Waals surface area contributed by atoms with Gasteiger partial charge in [0.1, 0.15) is 0 Å². The third kappa shape index (κ3) is 6.06. The lowest BCUT2D eigenvalue weighted by Crippen LogP contribution is -2.37. The fourth-order valence-corrected chi connectivity index (χ4v) is 2.43. The van der Waals surface area contributed by atoms with Gasteiger partial charge >= 0.3 is 6.18 Å². The summed E-state index contributed by atoms with van der Waals surface area (Å²) in [6.07, 6.45) is -1.08. The average molecular weight is 407 g/mol. The van der Waals surface area contributed by atoms with E-state index in [9.17, 15) is 13.2 Å². The van der Waals surface area contributed by atoms with Gasteiger partial charge in [0.25, 0.3) is 0 Å². The summed E-state index contributed by atoms with van der Waals surface area (Å²) in [5.74, 6) is 1.22. The molecule has 0 aromatic carbocycles. The molecule has 2 N–H and O–H groups in total. The number of hydrogen-bond acceptors (Lipinski definition) is 5. The van der Waals surface area contributed by atoms with E-state index in [4.69, 9.17) is 0 Å². The van der Waals surface area contributed by atoms with Gasteiger partial charge in [0.15, 0.2) is 24.0 Å². The SMILES string of the molecule is CCNC(=NCc1ccc(OCC(F)(F)F)nc1)NCc1nnc2ccccn12. The summed E-state index contributed by atoms with van der Waals surface area (Å²) in [6.45, 7) is 1.94. The van der Waals surface area contributed by atoms with Crippen molar-refractivity contribution in [1.29, 1.82) is 0 Å². The Bertz CT molecular complexity index is 954. The van der Waals surface area contributed by atoms with Gasteiger partial charge in [0.2, 0.25) is 5.88 Å². The lowest BCUT2D eigenvalue weighted by Gasteiger charge is -2.11. The molecule has 0 aliphatic rings. The molecule has 3 aromatic rings. The molecule has 0 fully saturated rings. The van der Waals surface area contributed by atoms with Crippen molar-refractivity contribution in [1.82, 2.24) is 30.2 Å². The Balaban J connectivity index is 1.58. The largest absolute Gasteiger partial charge is 0.468 e. The van der Waals surface area contributed by atoms with E-state index in [1.807, 2.05) is 35.7 Å². The Labute approximate surface area is 164 Å². The highest BCUT2D eigenvalue weighted by atomic mass is 19.4. The number of pyridine rings is 2. The number of fused-ring (bicyclic) bond motifs is 1. The summed E-state index contributed by atoms with van der Waals surface area (Å²) in [6, 6.07) is 8.66. The molecule has 0 aliphatic heterocycles. The van der Waals surface area contributed by atoms with Crippen molar-refractivity contribution in [2.75, 3.05) is 13.2 Å². The van der Waals surface area contributed by atoms with Crippen LogP contribution in [0.2, 0.25) is 0 Å². The molecule has 3 heterocycles. The van der Waals surface area contributed by atoms with Crippen LogP contribution < -0.4 is 15.4 Å². The van der Waals surface area contributed by atoms with Crippen LogP contribution in [-0.2, 0) is 13.1 Å². The van der Waals surface area contributed by atoms with Crippen molar-refractivity contribution in [2.45, 2.75) is 26.2 Å². The number of rotatable bonds is 7. The third-order valence-electron chi connectivity index (χ3n) is 3.74. The average Bonchev–Trinajstić information content (AvgIpc) is 3.12. The van der Waals surface area contributed by atoms with E-state index in [0.717, 1.165) is 17.0 Å². The molecule has 3 rings (SSSR count). The van der Waals surface area contributed by atoms with E-state index in [1.165, 1.54) is 12.3 Å². The predicted molar refractivity (Wildman–Crippen MR) is 100 cm³/mol. The molecule has 29 heavy (non-hydrogen) atoms. The van der Waals surface area contributed by atoms with Gasteiger partial charge in [-0.25, -0.2) is 9.98 Å². The molecule has 0 atom stereocenters. The number of alkyl halides is 3. The summed E-state index contributed by atoms with van der Waals surface area (Å²) < 4.78 is 43.0. The van der Waals surface area contributed by atoms with Gasteiger partial charge in [-0.1, -0.05) is 12.1 Å². The highest BCUT2D eigenvalue weighted by Gasteiger charge is 2.28. The minimum atomic E-state index is -4.40. The van der Waals surface area contributed by atoms with Crippen LogP contribution in [0.3, 0.4) is 0 Å². The van der Waals surface area contributed by atoms with Crippen LogP contribution in [0.5, 0.6) is 5.88 Å². The summed E-state index contributed by atoms with van der Waals surface area (Å²) in [5.41, 5.74) is 1.49. The third-order valence-corrected chi connectivity index (χ3v) is 3.74. The van der Waals surface area contributed by atoms with Crippen molar-refractivity contribution in [3.63, 3.8) is 0 Å². The monoisotopic (exact) mass is 407 g/mol. The van der Waals surface area contributed by atoms with Crippen molar-refractivity contribution < 1.29 is 17.9 Å². The number of nitrogens with zero attached hydrogens (tertiary/aromatic N) is 5. The number of guanidine groups is 1. The van der Waals surface area contributed by atoms with Crippen molar-refractivity contribution in [3.05, 3.63) is 54.1 Å². The maximum absolute atomic E-state index is 12.2. The van der Waals surface area contributed by atoms with Crippen LogP contribution in [0.4, 0.5) is 13.2 Å². The Morgan fingerprint density at radius 2 is 2.03 bits per heavy atom. The fourth-order valence-electron chi connectivity index (χ4n) is 2.43. The maximum atomic E-state index is 12.2. The van der Waals surface area contributed by atoms with Gasteiger partial charge in [-0.05, 0) is 24.6 Å². The van der Waals surface area contributed by atoms with Gasteiger partial charge in [-0.15, -0.1) is 10.2 Å². The first-order chi connectivity index (χ1) is 13.9. The molecule has 0 saturated heterocycles. The van der Waals surface area contributed by atoms with Crippen LogP contribution in [0.25, 0.3) is 5.65 Å². The molecular weight excluding hydrogens is 387 g/mol. The van der Waals surface area contributed by atoms with Crippen LogP contribution >= 0.6 is 0 Å². The van der Waals surface area contributed by atoms with Crippen LogP contribution in [-0.4, -0.2) is 44.9 Å². The summed E-state index contributed by atoms with van der Waals surface area (Å²) in [4.78, 5) is 8.33. The molecule has 0 spiro atoms. The van der Waals surface area contributed by atoms with E-state index < -0.39 is 12.8 Å². The summed E-state index contributed by atoms with van der Waals surface area (Å²) >= 11 is 0. The number of ether oxygens (including phenoxy) is 1. The van der Waals surface area contributed by atoms with Crippen molar-refractivity contribution in [3.8, 4) is 5.88 Å². The van der Waals surface area contributed by atoms with Gasteiger partial charge in [0.05, 0.1) is 13.1 Å². The minimum absolute atomic E-state index is 0.0845. The minimum Gasteiger partial charge on any atom is -0.468 e. The lowest BCUT2D eigenvalue weighted by molar-refractivity contribution is -0.154. The topological polar surface area (TPSA) is 88.7 Å². The zero-order valence-corrected chi connectivity index (χ0v) is 15.6. The van der Waals surface area contributed by atoms with E-state index in [-0.39, 0.29) is 5.88 Å². The number of halogens is 3. The summed E-state index contributed by atoms with van der Waals surface area (Å²) in [7, 11) is 0. The molecule has 0 aliphatic carbocycles. The first kappa shape index (κ1) is 20.4. The molecule has 0 amide bonds. The summed E-state index contributed by atoms with van der Waals surface area (Å²) in [5, 5.41) is 14.6. The zero-order chi connectivity index (χ0) is 20.7. The fraction of sp³-hybridized carbons (Fsp3) is 0.333. The van der Waals surface area contributed by atoms with Crippen molar-refractivity contribution in [2.24, 2.45) is 4.99 Å². The second kappa shape index (κ2) is 9.22. The van der Waals surface area contributed by atoms with Gasteiger partial charge in [0, 0.05) is 25.0 Å². The highest BCUT2D eigenvalue weighted by Crippen LogP contribution is 2.17. The number of aliphatic imine (C=N–C) groups is 1. The Morgan fingerprint density at radius 1 is 1.17 bits per heavy atom. The highest BCUT2D eigenvalue weighted by molar-refractivity contribution is 5.79. The number of nitrogens with one attached hydrogen (secondary N) is 2. The molecule has 8 nitrogen and oxygen atoms in total. The number of aromatic nitrogens is 4. The molecule has 11 heteroatoms. The Morgan fingerprint density at radius 3 is 2.76 bits per heavy atom. The zero-order valence-electron chi connectivity index (χ0n) is 15.6. The number of hydrogen-bond donors (Lipinski definition) is 2. The Kier molecular flexibility index (Phi) is 6.47. The molecule has 0 radical (unpaired) electrons. The van der Waals surface area contributed by atoms with E-state index in [2.05, 4.69) is 35.5 Å².